The summed E-state index contributed by atoms with van der Waals surface area (Å²) in [5.41, 5.74) is 0. The van der Waals surface area contributed by atoms with Crippen molar-refractivity contribution >= 4 is 5.97 Å². The molecule has 4 nitrogen and oxygen atoms in total. The zero-order valence-electron chi connectivity index (χ0n) is 8.90. The van der Waals surface area contributed by atoms with E-state index in [2.05, 4.69) is 4.90 Å². The second-order valence-corrected chi connectivity index (χ2v) is 4.02. The fourth-order valence-corrected chi connectivity index (χ4v) is 1.70. The lowest BCUT2D eigenvalue weighted by atomic mass is 10.2. The van der Waals surface area contributed by atoms with Gasteiger partial charge in [-0.1, -0.05) is 0 Å². The molecule has 0 aromatic rings. The van der Waals surface area contributed by atoms with Crippen LogP contribution in [0.25, 0.3) is 0 Å². The van der Waals surface area contributed by atoms with E-state index in [1.54, 1.807) is 0 Å². The zero-order valence-corrected chi connectivity index (χ0v) is 8.90. The SMILES string of the molecule is CC(CC(=O)O)N(C)CC1CCCO1. The molecule has 82 valence electrons. The number of carboxylic acid groups (broad SMARTS) is 1. The summed E-state index contributed by atoms with van der Waals surface area (Å²) >= 11 is 0. The van der Waals surface area contributed by atoms with Crippen LogP contribution >= 0.6 is 0 Å². The van der Waals surface area contributed by atoms with Crippen molar-refractivity contribution in [2.24, 2.45) is 0 Å². The van der Waals surface area contributed by atoms with Crippen molar-refractivity contribution in [2.45, 2.75) is 38.3 Å². The quantitative estimate of drug-likeness (QED) is 0.719. The van der Waals surface area contributed by atoms with E-state index in [1.807, 2.05) is 14.0 Å². The van der Waals surface area contributed by atoms with Gasteiger partial charge < -0.3 is 14.7 Å². The van der Waals surface area contributed by atoms with Gasteiger partial charge in [0.15, 0.2) is 0 Å². The Kier molecular flexibility index (Phi) is 4.35. The standard InChI is InChI=1S/C10H19NO3/c1-8(6-10(12)13)11(2)7-9-4-3-5-14-9/h8-9H,3-7H2,1-2H3,(H,12,13). The fraction of sp³-hybridized carbons (Fsp3) is 0.900. The number of ether oxygens (including phenoxy) is 1. The maximum Gasteiger partial charge on any atom is 0.304 e. The lowest BCUT2D eigenvalue weighted by molar-refractivity contribution is -0.138. The van der Waals surface area contributed by atoms with Crippen LogP contribution in [-0.2, 0) is 9.53 Å². The molecule has 1 heterocycles. The molecule has 4 heteroatoms. The first kappa shape index (κ1) is 11.5. The van der Waals surface area contributed by atoms with Gasteiger partial charge in [-0.15, -0.1) is 0 Å². The summed E-state index contributed by atoms with van der Waals surface area (Å²) in [5, 5.41) is 8.64. The van der Waals surface area contributed by atoms with Crippen molar-refractivity contribution in [1.82, 2.24) is 4.90 Å². The average Bonchev–Trinajstić information content (AvgIpc) is 2.55. The lowest BCUT2D eigenvalue weighted by Gasteiger charge is -2.25. The molecule has 0 aromatic heterocycles. The summed E-state index contributed by atoms with van der Waals surface area (Å²) in [5.74, 6) is -0.739. The third-order valence-electron chi connectivity index (χ3n) is 2.74. The van der Waals surface area contributed by atoms with Crippen LogP contribution < -0.4 is 0 Å². The number of rotatable bonds is 5. The van der Waals surface area contributed by atoms with Gasteiger partial charge in [-0.05, 0) is 26.8 Å². The van der Waals surface area contributed by atoms with Gasteiger partial charge in [-0.25, -0.2) is 0 Å². The maximum atomic E-state index is 10.5. The number of likely N-dealkylation sites (N-methyl/N-ethyl adjacent to an activating group) is 1. The largest absolute Gasteiger partial charge is 0.481 e. The van der Waals surface area contributed by atoms with E-state index in [-0.39, 0.29) is 12.5 Å². The number of hydrogen-bond donors (Lipinski definition) is 1. The van der Waals surface area contributed by atoms with Crippen LogP contribution in [0.3, 0.4) is 0 Å². The third-order valence-corrected chi connectivity index (χ3v) is 2.74. The summed E-state index contributed by atoms with van der Waals surface area (Å²) in [6, 6.07) is 0.0803. The molecule has 1 saturated heterocycles. The number of carboxylic acids is 1. The summed E-state index contributed by atoms with van der Waals surface area (Å²) < 4.78 is 5.49. The van der Waals surface area contributed by atoms with Crippen LogP contribution in [0.1, 0.15) is 26.2 Å². The van der Waals surface area contributed by atoms with Gasteiger partial charge in [0.1, 0.15) is 0 Å². The van der Waals surface area contributed by atoms with Crippen LogP contribution in [0.4, 0.5) is 0 Å². The van der Waals surface area contributed by atoms with E-state index >= 15 is 0 Å². The molecule has 2 unspecified atom stereocenters. The Morgan fingerprint density at radius 1 is 1.71 bits per heavy atom. The molecule has 1 N–H and O–H groups in total. The molecular weight excluding hydrogens is 182 g/mol. The minimum atomic E-state index is -0.739. The second kappa shape index (κ2) is 5.32. The van der Waals surface area contributed by atoms with Crippen molar-refractivity contribution in [3.05, 3.63) is 0 Å². The molecule has 0 saturated carbocycles. The van der Waals surface area contributed by atoms with Crippen molar-refractivity contribution in [1.29, 1.82) is 0 Å². The molecule has 0 amide bonds. The summed E-state index contributed by atoms with van der Waals surface area (Å²) in [6.45, 7) is 3.63. The molecule has 1 rings (SSSR count). The molecule has 1 aliphatic heterocycles. The Balaban J connectivity index is 2.25. The monoisotopic (exact) mass is 201 g/mol. The predicted molar refractivity (Wildman–Crippen MR) is 53.3 cm³/mol. The van der Waals surface area contributed by atoms with E-state index in [0.29, 0.717) is 6.10 Å². The van der Waals surface area contributed by atoms with Crippen LogP contribution in [0, 0.1) is 0 Å². The Labute approximate surface area is 84.8 Å². The van der Waals surface area contributed by atoms with E-state index in [9.17, 15) is 4.79 Å². The van der Waals surface area contributed by atoms with Gasteiger partial charge in [0, 0.05) is 19.2 Å². The minimum absolute atomic E-state index is 0.0803. The maximum absolute atomic E-state index is 10.5. The van der Waals surface area contributed by atoms with Gasteiger partial charge >= 0.3 is 5.97 Å². The smallest absolute Gasteiger partial charge is 0.304 e. The van der Waals surface area contributed by atoms with Gasteiger partial charge in [-0.2, -0.15) is 0 Å². The highest BCUT2D eigenvalue weighted by Crippen LogP contribution is 2.14. The van der Waals surface area contributed by atoms with E-state index in [4.69, 9.17) is 9.84 Å². The fourth-order valence-electron chi connectivity index (χ4n) is 1.70. The number of carbonyl (C=O) groups is 1. The van der Waals surface area contributed by atoms with Crippen LogP contribution in [0.2, 0.25) is 0 Å². The highest BCUT2D eigenvalue weighted by Gasteiger charge is 2.20. The number of nitrogens with zero attached hydrogens (tertiary/aromatic N) is 1. The molecule has 2 atom stereocenters. The Hall–Kier alpha value is -0.610. The molecule has 0 radical (unpaired) electrons. The van der Waals surface area contributed by atoms with Gasteiger partial charge in [-0.3, -0.25) is 4.79 Å². The number of aliphatic carboxylic acids is 1. The first-order valence-electron chi connectivity index (χ1n) is 5.13. The first-order chi connectivity index (χ1) is 6.59. The topological polar surface area (TPSA) is 49.8 Å². The Bertz CT molecular complexity index is 190. The summed E-state index contributed by atoms with van der Waals surface area (Å²) in [4.78, 5) is 12.6. The second-order valence-electron chi connectivity index (χ2n) is 4.02. The minimum Gasteiger partial charge on any atom is -0.481 e. The lowest BCUT2D eigenvalue weighted by Crippen LogP contribution is -2.36. The molecule has 0 bridgehead atoms. The zero-order chi connectivity index (χ0) is 10.6. The Morgan fingerprint density at radius 3 is 2.93 bits per heavy atom. The molecule has 1 fully saturated rings. The van der Waals surface area contributed by atoms with Gasteiger partial charge in [0.05, 0.1) is 12.5 Å². The predicted octanol–water partition coefficient (Wildman–Crippen LogP) is 0.960. The Morgan fingerprint density at radius 2 is 2.43 bits per heavy atom. The van der Waals surface area contributed by atoms with Crippen molar-refractivity contribution in [3.63, 3.8) is 0 Å². The van der Waals surface area contributed by atoms with Crippen LogP contribution in [0.15, 0.2) is 0 Å². The molecular formula is C10H19NO3. The molecule has 14 heavy (non-hydrogen) atoms. The highest BCUT2D eigenvalue weighted by molar-refractivity contribution is 5.67. The molecule has 1 aliphatic rings. The van der Waals surface area contributed by atoms with Crippen molar-refractivity contribution < 1.29 is 14.6 Å². The van der Waals surface area contributed by atoms with Crippen LogP contribution in [0.5, 0.6) is 0 Å². The van der Waals surface area contributed by atoms with Gasteiger partial charge in [0.2, 0.25) is 0 Å². The summed E-state index contributed by atoms with van der Waals surface area (Å²) in [6.07, 6.45) is 2.73. The van der Waals surface area contributed by atoms with Crippen LogP contribution in [-0.4, -0.2) is 48.3 Å². The highest BCUT2D eigenvalue weighted by atomic mass is 16.5. The van der Waals surface area contributed by atoms with E-state index in [0.717, 1.165) is 26.0 Å². The molecule has 0 aliphatic carbocycles. The van der Waals surface area contributed by atoms with Crippen molar-refractivity contribution in [3.8, 4) is 0 Å². The van der Waals surface area contributed by atoms with E-state index < -0.39 is 5.97 Å². The van der Waals surface area contributed by atoms with E-state index in [1.165, 1.54) is 0 Å². The third kappa shape index (κ3) is 3.64. The molecule has 0 aromatic carbocycles. The first-order valence-corrected chi connectivity index (χ1v) is 5.13. The molecule has 0 spiro atoms. The van der Waals surface area contributed by atoms with Gasteiger partial charge in [0.25, 0.3) is 0 Å². The normalized spacial score (nSPS) is 24.1. The van der Waals surface area contributed by atoms with Crippen molar-refractivity contribution in [2.75, 3.05) is 20.2 Å². The number of hydrogen-bond acceptors (Lipinski definition) is 3. The summed E-state index contributed by atoms with van der Waals surface area (Å²) in [7, 11) is 1.95. The average molecular weight is 201 g/mol.